The van der Waals surface area contributed by atoms with E-state index in [2.05, 4.69) is 15.6 Å². The maximum Gasteiger partial charge on any atom is 0.335 e. The molecule has 150 valence electrons. The lowest BCUT2D eigenvalue weighted by atomic mass is 10.2. The number of anilines is 2. The van der Waals surface area contributed by atoms with Gasteiger partial charge in [0, 0.05) is 30.4 Å². The molecule has 3 aromatic rings. The SMILES string of the molecule is Cc1cc(C(=O)Nc2ccc(C(=O)O)cc2)n(Cc2csc(N3CCCC3)n2)c1. The van der Waals surface area contributed by atoms with Crippen LogP contribution in [0.2, 0.25) is 0 Å². The molecule has 1 aliphatic heterocycles. The lowest BCUT2D eigenvalue weighted by Crippen LogP contribution is -2.18. The van der Waals surface area contributed by atoms with Gasteiger partial charge in [0.2, 0.25) is 0 Å². The fraction of sp³-hybridized carbons (Fsp3) is 0.286. The maximum absolute atomic E-state index is 12.8. The van der Waals surface area contributed by atoms with Crippen molar-refractivity contribution in [3.05, 3.63) is 64.4 Å². The Labute approximate surface area is 172 Å². The van der Waals surface area contributed by atoms with Crippen molar-refractivity contribution in [2.75, 3.05) is 23.3 Å². The van der Waals surface area contributed by atoms with Crippen LogP contribution in [-0.2, 0) is 6.54 Å². The average Bonchev–Trinajstić information content (AvgIpc) is 3.43. The van der Waals surface area contributed by atoms with Gasteiger partial charge < -0.3 is 19.9 Å². The summed E-state index contributed by atoms with van der Waals surface area (Å²) in [7, 11) is 0. The maximum atomic E-state index is 12.8. The Morgan fingerprint density at radius 3 is 2.62 bits per heavy atom. The number of amides is 1. The highest BCUT2D eigenvalue weighted by Gasteiger charge is 2.18. The van der Waals surface area contributed by atoms with E-state index in [0.717, 1.165) is 29.5 Å². The first-order chi connectivity index (χ1) is 14.0. The second-order valence-corrected chi connectivity index (χ2v) is 8.02. The Morgan fingerprint density at radius 2 is 1.93 bits per heavy atom. The van der Waals surface area contributed by atoms with Gasteiger partial charge in [0.1, 0.15) is 5.69 Å². The molecule has 0 bridgehead atoms. The molecule has 0 saturated carbocycles. The van der Waals surface area contributed by atoms with Crippen molar-refractivity contribution in [2.24, 2.45) is 0 Å². The Balaban J connectivity index is 1.48. The Hall–Kier alpha value is -3.13. The van der Waals surface area contributed by atoms with Gasteiger partial charge in [-0.15, -0.1) is 11.3 Å². The molecule has 0 spiro atoms. The molecule has 0 radical (unpaired) electrons. The number of carbonyl (C=O) groups excluding carboxylic acids is 1. The van der Waals surface area contributed by atoms with E-state index in [9.17, 15) is 9.59 Å². The summed E-state index contributed by atoms with van der Waals surface area (Å²) in [5.41, 5.74) is 3.20. The Bertz CT molecular complexity index is 1030. The van der Waals surface area contributed by atoms with Crippen LogP contribution in [0.25, 0.3) is 0 Å². The number of carboxylic acids is 1. The van der Waals surface area contributed by atoms with E-state index < -0.39 is 5.97 Å². The van der Waals surface area contributed by atoms with E-state index >= 15 is 0 Å². The van der Waals surface area contributed by atoms with Gasteiger partial charge in [-0.3, -0.25) is 4.79 Å². The minimum atomic E-state index is -0.996. The van der Waals surface area contributed by atoms with Crippen molar-refractivity contribution in [1.82, 2.24) is 9.55 Å². The second-order valence-electron chi connectivity index (χ2n) is 7.18. The van der Waals surface area contributed by atoms with E-state index in [4.69, 9.17) is 10.1 Å². The number of carbonyl (C=O) groups is 2. The molecule has 8 heteroatoms. The number of hydrogen-bond donors (Lipinski definition) is 2. The summed E-state index contributed by atoms with van der Waals surface area (Å²) in [4.78, 5) is 30.8. The minimum absolute atomic E-state index is 0.180. The number of rotatable bonds is 6. The third kappa shape index (κ3) is 4.32. The largest absolute Gasteiger partial charge is 0.478 e. The van der Waals surface area contributed by atoms with E-state index in [1.165, 1.54) is 25.0 Å². The molecule has 4 rings (SSSR count). The highest BCUT2D eigenvalue weighted by molar-refractivity contribution is 7.13. The highest BCUT2D eigenvalue weighted by atomic mass is 32.1. The number of nitrogens with one attached hydrogen (secondary N) is 1. The zero-order chi connectivity index (χ0) is 20.4. The predicted octanol–water partition coefficient (Wildman–Crippen LogP) is 3.85. The topological polar surface area (TPSA) is 87.5 Å². The monoisotopic (exact) mass is 410 g/mol. The lowest BCUT2D eigenvalue weighted by molar-refractivity contribution is 0.0696. The van der Waals surface area contributed by atoms with Crippen LogP contribution in [0.3, 0.4) is 0 Å². The van der Waals surface area contributed by atoms with Crippen molar-refractivity contribution < 1.29 is 14.7 Å². The molecule has 0 unspecified atom stereocenters. The van der Waals surface area contributed by atoms with E-state index in [0.29, 0.717) is 17.9 Å². The molecular formula is C21H22N4O3S. The molecule has 1 aliphatic rings. The number of aromatic nitrogens is 2. The summed E-state index contributed by atoms with van der Waals surface area (Å²) < 4.78 is 1.90. The zero-order valence-corrected chi connectivity index (χ0v) is 16.9. The molecule has 3 heterocycles. The van der Waals surface area contributed by atoms with Crippen LogP contribution < -0.4 is 10.2 Å². The summed E-state index contributed by atoms with van der Waals surface area (Å²) in [5, 5.41) is 14.9. The third-order valence-corrected chi connectivity index (χ3v) is 5.85. The van der Waals surface area contributed by atoms with Crippen LogP contribution in [-0.4, -0.2) is 39.6 Å². The number of aromatic carboxylic acids is 1. The van der Waals surface area contributed by atoms with Crippen LogP contribution in [0.15, 0.2) is 41.9 Å². The standard InChI is InChI=1S/C21H22N4O3S/c1-14-10-18(19(26)22-16-6-4-15(5-7-16)20(27)28)25(11-14)12-17-13-29-21(23-17)24-8-2-3-9-24/h4-7,10-11,13H,2-3,8-9,12H2,1H3,(H,22,26)(H,27,28). The summed E-state index contributed by atoms with van der Waals surface area (Å²) in [6.45, 7) is 4.60. The van der Waals surface area contributed by atoms with E-state index in [1.54, 1.807) is 23.5 Å². The molecule has 1 amide bonds. The lowest BCUT2D eigenvalue weighted by Gasteiger charge is -2.12. The first-order valence-corrected chi connectivity index (χ1v) is 10.4. The number of aryl methyl sites for hydroxylation is 1. The molecule has 7 nitrogen and oxygen atoms in total. The summed E-state index contributed by atoms with van der Waals surface area (Å²) in [6, 6.07) is 7.96. The fourth-order valence-corrected chi connectivity index (χ4v) is 4.34. The molecule has 1 fully saturated rings. The molecule has 0 aliphatic carbocycles. The van der Waals surface area contributed by atoms with Gasteiger partial charge >= 0.3 is 5.97 Å². The molecule has 2 N–H and O–H groups in total. The molecule has 29 heavy (non-hydrogen) atoms. The fourth-order valence-electron chi connectivity index (χ4n) is 3.47. The van der Waals surface area contributed by atoms with Crippen molar-refractivity contribution in [3.8, 4) is 0 Å². The van der Waals surface area contributed by atoms with Crippen LogP contribution in [0.4, 0.5) is 10.8 Å². The molecule has 2 aromatic heterocycles. The summed E-state index contributed by atoms with van der Waals surface area (Å²) >= 11 is 1.65. The number of benzene rings is 1. The Morgan fingerprint density at radius 1 is 1.21 bits per heavy atom. The van der Waals surface area contributed by atoms with Crippen molar-refractivity contribution >= 4 is 34.0 Å². The number of hydrogen-bond acceptors (Lipinski definition) is 5. The summed E-state index contributed by atoms with van der Waals surface area (Å²) in [6.07, 6.45) is 4.37. The zero-order valence-electron chi connectivity index (χ0n) is 16.1. The van der Waals surface area contributed by atoms with Crippen LogP contribution >= 0.6 is 11.3 Å². The van der Waals surface area contributed by atoms with Crippen molar-refractivity contribution in [1.29, 1.82) is 0 Å². The predicted molar refractivity (Wildman–Crippen MR) is 113 cm³/mol. The van der Waals surface area contributed by atoms with Crippen molar-refractivity contribution in [3.63, 3.8) is 0 Å². The summed E-state index contributed by atoms with van der Waals surface area (Å²) in [5.74, 6) is -1.24. The van der Waals surface area contributed by atoms with E-state index in [-0.39, 0.29) is 11.5 Å². The highest BCUT2D eigenvalue weighted by Crippen LogP contribution is 2.25. The first kappa shape index (κ1) is 19.2. The smallest absolute Gasteiger partial charge is 0.335 e. The second kappa shape index (κ2) is 8.08. The average molecular weight is 410 g/mol. The van der Waals surface area contributed by atoms with Gasteiger partial charge in [-0.2, -0.15) is 0 Å². The number of carboxylic acid groups (broad SMARTS) is 1. The van der Waals surface area contributed by atoms with Gasteiger partial charge in [0.15, 0.2) is 5.13 Å². The molecule has 1 saturated heterocycles. The molecule has 1 aromatic carbocycles. The van der Waals surface area contributed by atoms with Gasteiger partial charge in [-0.1, -0.05) is 0 Å². The van der Waals surface area contributed by atoms with Gasteiger partial charge in [0.25, 0.3) is 5.91 Å². The molecular weight excluding hydrogens is 388 g/mol. The van der Waals surface area contributed by atoms with Crippen LogP contribution in [0.5, 0.6) is 0 Å². The van der Waals surface area contributed by atoms with Crippen LogP contribution in [0, 0.1) is 6.92 Å². The number of nitrogens with zero attached hydrogens (tertiary/aromatic N) is 3. The quantitative estimate of drug-likeness (QED) is 0.644. The number of thiazole rings is 1. The third-order valence-electron chi connectivity index (χ3n) is 4.90. The molecule has 0 atom stereocenters. The van der Waals surface area contributed by atoms with Crippen molar-refractivity contribution in [2.45, 2.75) is 26.3 Å². The van der Waals surface area contributed by atoms with Gasteiger partial charge in [0.05, 0.1) is 17.8 Å². The van der Waals surface area contributed by atoms with E-state index in [1.807, 2.05) is 23.8 Å². The van der Waals surface area contributed by atoms with Gasteiger partial charge in [-0.25, -0.2) is 9.78 Å². The van der Waals surface area contributed by atoms with Crippen LogP contribution in [0.1, 0.15) is 44.9 Å². The van der Waals surface area contributed by atoms with Gasteiger partial charge in [-0.05, 0) is 55.7 Å². The first-order valence-electron chi connectivity index (χ1n) is 9.50. The Kier molecular flexibility index (Phi) is 5.35. The normalized spacial score (nSPS) is 13.6. The minimum Gasteiger partial charge on any atom is -0.478 e.